The summed E-state index contributed by atoms with van der Waals surface area (Å²) in [5, 5.41) is 3.00. The Hall–Kier alpha value is -5.38. The number of carbonyl (C=O) groups is 4. The quantitative estimate of drug-likeness (QED) is 0.197. The molecule has 12 heteroatoms. The minimum absolute atomic E-state index is 0.0143. The number of benzene rings is 2. The van der Waals surface area contributed by atoms with E-state index in [-0.39, 0.29) is 64.2 Å². The molecule has 10 rings (SSSR count). The maximum Gasteiger partial charge on any atom is 0.246 e. The van der Waals surface area contributed by atoms with Crippen molar-refractivity contribution < 1.29 is 28.7 Å². The topological polar surface area (TPSA) is 146 Å². The smallest absolute Gasteiger partial charge is 0.246 e. The number of likely N-dealkylation sites (tertiary alicyclic amines) is 2. The largest absolute Gasteiger partial charge is 0.381 e. The van der Waals surface area contributed by atoms with Gasteiger partial charge in [-0.2, -0.15) is 0 Å². The molecule has 5 aliphatic heterocycles. The summed E-state index contributed by atoms with van der Waals surface area (Å²) in [6, 6.07) is 15.7. The van der Waals surface area contributed by atoms with Gasteiger partial charge in [0.15, 0.2) is 0 Å². The van der Waals surface area contributed by atoms with Gasteiger partial charge in [0.2, 0.25) is 17.7 Å². The molecular weight excluding hydrogens is 805 g/mol. The van der Waals surface area contributed by atoms with Crippen LogP contribution in [0, 0.1) is 40.4 Å². The highest BCUT2D eigenvalue weighted by molar-refractivity contribution is 6.04. The molecule has 1 aromatic heterocycles. The number of Topliss-reactive ketones (excluding diaryl/α,β-unsaturated/α-hetero) is 1. The molecule has 4 saturated heterocycles. The minimum atomic E-state index is -0.559. The van der Waals surface area contributed by atoms with Crippen LogP contribution in [-0.2, 0) is 28.7 Å². The third-order valence-electron chi connectivity index (χ3n) is 15.4. The van der Waals surface area contributed by atoms with Gasteiger partial charge in [-0.05, 0) is 135 Å². The Labute approximate surface area is 376 Å². The second kappa shape index (κ2) is 17.5. The van der Waals surface area contributed by atoms with E-state index in [1.54, 1.807) is 6.92 Å². The Morgan fingerprint density at radius 3 is 1.91 bits per heavy atom. The fraction of sp³-hybridized carbons (Fsp3) is 0.538. The Morgan fingerprint density at radius 2 is 1.33 bits per heavy atom. The lowest BCUT2D eigenvalue weighted by atomic mass is 9.81. The predicted octanol–water partition coefficient (Wildman–Crippen LogP) is 7.05. The molecule has 0 bridgehead atoms. The van der Waals surface area contributed by atoms with E-state index in [0.717, 1.165) is 116 Å². The van der Waals surface area contributed by atoms with Gasteiger partial charge in [0.05, 0.1) is 24.0 Å². The van der Waals surface area contributed by atoms with Gasteiger partial charge in [0.25, 0.3) is 0 Å². The Morgan fingerprint density at radius 1 is 0.766 bits per heavy atom. The van der Waals surface area contributed by atoms with Gasteiger partial charge in [-0.3, -0.25) is 19.4 Å². The van der Waals surface area contributed by atoms with Gasteiger partial charge in [-0.15, -0.1) is 0 Å². The zero-order valence-corrected chi connectivity index (χ0v) is 37.2. The molecule has 2 saturated carbocycles. The van der Waals surface area contributed by atoms with Crippen LogP contribution in [-0.4, -0.2) is 101 Å². The number of amides is 3. The fourth-order valence-corrected chi connectivity index (χ4v) is 11.2. The molecule has 3 aromatic rings. The zero-order valence-electron chi connectivity index (χ0n) is 37.2. The van der Waals surface area contributed by atoms with E-state index in [1.807, 2.05) is 41.6 Å². The summed E-state index contributed by atoms with van der Waals surface area (Å²) in [6.45, 7) is 7.07. The third kappa shape index (κ3) is 8.99. The molecule has 6 heterocycles. The number of nitrogens with zero attached hydrogens (tertiary/aromatic N) is 4. The van der Waals surface area contributed by atoms with Crippen molar-refractivity contribution in [2.75, 3.05) is 39.5 Å². The molecular formula is C52H60N6O6. The van der Waals surface area contributed by atoms with Crippen LogP contribution in [0.2, 0.25) is 0 Å². The molecule has 7 aliphatic rings. The summed E-state index contributed by atoms with van der Waals surface area (Å²) in [4.78, 5) is 70.5. The SMILES string of the molecule is CC(=O)C[C@H](C(=O)N1CC2(CC2)C[C@H]1C1=NC=C(c2ccc(C#Cc3ccc(-c4cnc([C@@H]5CC6(CC6)CN5C(=O)[C@@H](NC(C)=O)C5CCOCC5)[nH]4)cc3)cc2)C1)C1CCOCC1. The average molecular weight is 865 g/mol. The molecule has 12 nitrogen and oxygen atoms in total. The van der Waals surface area contributed by atoms with E-state index < -0.39 is 6.04 Å². The van der Waals surface area contributed by atoms with Crippen LogP contribution in [0.15, 0.2) is 65.9 Å². The molecule has 0 radical (unpaired) electrons. The molecule has 334 valence electrons. The Bertz CT molecular complexity index is 2400. The third-order valence-corrected chi connectivity index (χ3v) is 15.4. The highest BCUT2D eigenvalue weighted by Gasteiger charge is 2.57. The Kier molecular flexibility index (Phi) is 11.7. The molecule has 2 aliphatic carbocycles. The van der Waals surface area contributed by atoms with Crippen molar-refractivity contribution in [1.29, 1.82) is 0 Å². The number of ketones is 1. The Balaban J connectivity index is 0.769. The van der Waals surface area contributed by atoms with Crippen molar-refractivity contribution in [3.05, 3.63) is 83.4 Å². The summed E-state index contributed by atoms with van der Waals surface area (Å²) >= 11 is 0. The number of H-pyrrole nitrogens is 1. The normalized spacial score (nSPS) is 24.5. The first-order valence-electron chi connectivity index (χ1n) is 23.6. The lowest BCUT2D eigenvalue weighted by molar-refractivity contribution is -0.141. The van der Waals surface area contributed by atoms with E-state index in [4.69, 9.17) is 19.5 Å². The number of aliphatic imine (C=N–C) groups is 1. The van der Waals surface area contributed by atoms with E-state index in [2.05, 4.69) is 51.3 Å². The summed E-state index contributed by atoms with van der Waals surface area (Å²) in [5.41, 5.74) is 7.34. The van der Waals surface area contributed by atoms with Crippen LogP contribution < -0.4 is 5.32 Å². The number of aromatic amines is 1. The van der Waals surface area contributed by atoms with Crippen molar-refractivity contribution in [2.45, 2.75) is 109 Å². The summed E-state index contributed by atoms with van der Waals surface area (Å²) in [5.74, 6) is 7.39. The lowest BCUT2D eigenvalue weighted by Gasteiger charge is -2.34. The van der Waals surface area contributed by atoms with Gasteiger partial charge < -0.3 is 34.4 Å². The molecule has 6 fully saturated rings. The molecule has 2 aromatic carbocycles. The molecule has 2 spiro atoms. The van der Waals surface area contributed by atoms with Crippen LogP contribution in [0.25, 0.3) is 16.8 Å². The zero-order chi connectivity index (χ0) is 44.0. The monoisotopic (exact) mass is 864 g/mol. The number of ether oxygens (including phenoxy) is 2. The van der Waals surface area contributed by atoms with Gasteiger partial charge in [0, 0.05) is 88.2 Å². The van der Waals surface area contributed by atoms with Crippen LogP contribution >= 0.6 is 0 Å². The summed E-state index contributed by atoms with van der Waals surface area (Å²) < 4.78 is 11.2. The van der Waals surface area contributed by atoms with Gasteiger partial charge in [0.1, 0.15) is 17.6 Å². The van der Waals surface area contributed by atoms with E-state index in [9.17, 15) is 19.2 Å². The van der Waals surface area contributed by atoms with Crippen LogP contribution in [0.4, 0.5) is 0 Å². The van der Waals surface area contributed by atoms with Gasteiger partial charge in [-0.1, -0.05) is 36.1 Å². The van der Waals surface area contributed by atoms with Crippen molar-refractivity contribution in [3.63, 3.8) is 0 Å². The number of nitrogens with one attached hydrogen (secondary N) is 2. The first-order chi connectivity index (χ1) is 31.0. The lowest BCUT2D eigenvalue weighted by Crippen LogP contribution is -2.53. The minimum Gasteiger partial charge on any atom is -0.381 e. The predicted molar refractivity (Wildman–Crippen MR) is 242 cm³/mol. The van der Waals surface area contributed by atoms with E-state index in [1.165, 1.54) is 6.92 Å². The highest BCUT2D eigenvalue weighted by atomic mass is 16.5. The molecule has 2 N–H and O–H groups in total. The van der Waals surface area contributed by atoms with Crippen LogP contribution in [0.3, 0.4) is 0 Å². The molecule has 64 heavy (non-hydrogen) atoms. The van der Waals surface area contributed by atoms with E-state index >= 15 is 0 Å². The second-order valence-electron chi connectivity index (χ2n) is 20.0. The number of aromatic nitrogens is 2. The van der Waals surface area contributed by atoms with Crippen molar-refractivity contribution in [2.24, 2.45) is 33.6 Å². The number of allylic oxidation sites excluding steroid dienone is 1. The number of hydrogen-bond donors (Lipinski definition) is 2. The number of carbonyl (C=O) groups excluding carboxylic acids is 4. The standard InChI is InChI=1S/C52H60N6O6/c1-33(59)25-42(38-13-21-63-22-14-38)49(61)57-31-51(17-18-51)27-45(57)43-26-41(29-53-43)37-9-5-35(6-10-37)3-4-36-7-11-39(12-8-36)44-30-54-48(56-44)46-28-52(19-20-52)32-58(46)50(62)47(55-34(2)60)40-15-23-64-24-16-40/h5-12,29-30,38,40,42,45-47H,13-28,31-32H2,1-2H3,(H,54,56)(H,55,60)/t42-,45-,46-,47-/m0/s1. The first kappa shape index (κ1) is 42.6. The summed E-state index contributed by atoms with van der Waals surface area (Å²) in [7, 11) is 0. The molecule has 3 amide bonds. The van der Waals surface area contributed by atoms with Crippen molar-refractivity contribution >= 4 is 34.8 Å². The van der Waals surface area contributed by atoms with Crippen LogP contribution in [0.5, 0.6) is 0 Å². The maximum atomic E-state index is 14.3. The van der Waals surface area contributed by atoms with Gasteiger partial charge >= 0.3 is 0 Å². The second-order valence-corrected chi connectivity index (χ2v) is 20.0. The van der Waals surface area contributed by atoms with Crippen LogP contribution in [0.1, 0.15) is 119 Å². The molecule has 4 atom stereocenters. The van der Waals surface area contributed by atoms with E-state index in [0.29, 0.717) is 45.8 Å². The van der Waals surface area contributed by atoms with Crippen molar-refractivity contribution in [3.8, 4) is 23.1 Å². The number of hydrogen-bond acceptors (Lipinski definition) is 8. The average Bonchev–Trinajstić information content (AvgIpc) is 3.89. The highest BCUT2D eigenvalue weighted by Crippen LogP contribution is 2.59. The fourth-order valence-electron chi connectivity index (χ4n) is 11.2. The molecule has 0 unspecified atom stereocenters. The number of imidazole rings is 1. The maximum absolute atomic E-state index is 14.3. The first-order valence-corrected chi connectivity index (χ1v) is 23.6. The van der Waals surface area contributed by atoms with Gasteiger partial charge in [-0.25, -0.2) is 4.98 Å². The number of rotatable bonds is 11. The van der Waals surface area contributed by atoms with Crippen molar-refractivity contribution in [1.82, 2.24) is 25.1 Å². The summed E-state index contributed by atoms with van der Waals surface area (Å²) in [6.07, 6.45) is 14.3.